The van der Waals surface area contributed by atoms with Crippen LogP contribution in [-0.2, 0) is 35.1 Å². The van der Waals surface area contributed by atoms with Crippen LogP contribution in [-0.4, -0.2) is 116 Å². The number of halogens is 3. The Labute approximate surface area is 357 Å². The largest absolute Gasteiger partial charge is 0.471 e. The molecule has 61 heavy (non-hydrogen) atoms. The van der Waals surface area contributed by atoms with Gasteiger partial charge in [0.05, 0.1) is 44.9 Å². The number of anilines is 2. The van der Waals surface area contributed by atoms with Gasteiger partial charge in [0, 0.05) is 56.9 Å². The smallest absolute Gasteiger partial charge is 0.379 e. The molecule has 0 bridgehead atoms. The van der Waals surface area contributed by atoms with Crippen molar-refractivity contribution in [2.45, 2.75) is 93.8 Å². The summed E-state index contributed by atoms with van der Waals surface area (Å²) >= 11 is 0. The number of nitrogens with zero attached hydrogens (tertiary/aromatic N) is 4. The summed E-state index contributed by atoms with van der Waals surface area (Å²) in [5.41, 5.74) is 4.31. The first-order valence-electron chi connectivity index (χ1n) is 20.7. The minimum Gasteiger partial charge on any atom is -0.379 e. The van der Waals surface area contributed by atoms with E-state index in [1.165, 1.54) is 31.3 Å². The Morgan fingerprint density at radius 2 is 1.39 bits per heavy atom. The number of carbonyl (C=O) groups is 4. The van der Waals surface area contributed by atoms with Crippen LogP contribution in [0.3, 0.4) is 0 Å². The van der Waals surface area contributed by atoms with Crippen LogP contribution < -0.4 is 32.1 Å². The monoisotopic (exact) mass is 872 g/mol. The molecule has 3 amide bonds. The van der Waals surface area contributed by atoms with Gasteiger partial charge in [0.2, 0.25) is 11.9 Å². The maximum atomic E-state index is 13.5. The highest BCUT2D eigenvalue weighted by molar-refractivity contribution is 5.98. The third-order valence-electron chi connectivity index (χ3n) is 7.12. The SMILES string of the molecule is CC.CC.CC.CC(C)C=O.CNc1nc2ncc(CN(C(=O)C(F)(F)F)c3ccc(C(=O)NCCCC(=O)NCCCOCCOCCOCCCN)cc3)nc2c(=O)[nH]1. The summed E-state index contributed by atoms with van der Waals surface area (Å²) in [7, 11) is 1.52. The van der Waals surface area contributed by atoms with Crippen LogP contribution in [0.5, 0.6) is 0 Å². The number of aldehydes is 1. The van der Waals surface area contributed by atoms with E-state index in [1.807, 2.05) is 55.4 Å². The van der Waals surface area contributed by atoms with Gasteiger partial charge in [-0.05, 0) is 50.1 Å². The number of ether oxygens (including phenoxy) is 3. The minimum atomic E-state index is -5.23. The summed E-state index contributed by atoms with van der Waals surface area (Å²) in [4.78, 5) is 73.8. The van der Waals surface area contributed by atoms with E-state index in [0.717, 1.165) is 18.9 Å². The van der Waals surface area contributed by atoms with Gasteiger partial charge < -0.3 is 40.7 Å². The van der Waals surface area contributed by atoms with Crippen LogP contribution in [0.25, 0.3) is 11.2 Å². The highest BCUT2D eigenvalue weighted by Crippen LogP contribution is 2.26. The van der Waals surface area contributed by atoms with Crippen LogP contribution >= 0.6 is 0 Å². The van der Waals surface area contributed by atoms with Crippen LogP contribution in [0.4, 0.5) is 24.8 Å². The molecule has 2 aromatic heterocycles. The lowest BCUT2D eigenvalue weighted by Gasteiger charge is -2.23. The van der Waals surface area contributed by atoms with Gasteiger partial charge in [-0.1, -0.05) is 55.4 Å². The topological polar surface area (TPSA) is 233 Å². The van der Waals surface area contributed by atoms with Crippen molar-refractivity contribution < 1.29 is 46.6 Å². The first-order chi connectivity index (χ1) is 29.3. The van der Waals surface area contributed by atoms with Crippen molar-refractivity contribution in [1.29, 1.82) is 0 Å². The third-order valence-corrected chi connectivity index (χ3v) is 7.12. The van der Waals surface area contributed by atoms with Crippen molar-refractivity contribution in [2.24, 2.45) is 11.7 Å². The van der Waals surface area contributed by atoms with Gasteiger partial charge in [-0.3, -0.25) is 29.1 Å². The molecule has 0 radical (unpaired) electrons. The zero-order chi connectivity index (χ0) is 46.6. The number of nitrogens with two attached hydrogens (primary N) is 1. The standard InChI is InChI=1S/C31H42F3N9O7.C4H8O.3C2H6/c1-36-30-41-26-25(28(46)42-30)40-22(19-39-26)20-43(29(47)31(32,33)34)23-8-6-21(7-9-23)27(45)38-11-2-5-24(44)37-12-4-14-49-16-18-50-17-15-48-13-3-10-35;1-4(2)3-5;3*1-2/h6-9,19H,2-5,10-18,20,35H2,1H3,(H,37,44)(H,38,45)(H2,36,39,41,42,46);3-4H,1-2H3;3*1-2H3. The Kier molecular flexibility index (Phi) is 34.0. The molecule has 346 valence electrons. The predicted molar refractivity (Wildman–Crippen MR) is 231 cm³/mol. The highest BCUT2D eigenvalue weighted by atomic mass is 19.4. The Bertz CT molecular complexity index is 1700. The number of aromatic nitrogens is 4. The molecule has 0 unspecified atom stereocenters. The molecule has 2 heterocycles. The molecule has 0 saturated heterocycles. The number of carbonyl (C=O) groups excluding carboxylic acids is 4. The molecule has 0 aliphatic heterocycles. The molecule has 0 atom stereocenters. The van der Waals surface area contributed by atoms with E-state index in [1.54, 1.807) is 0 Å². The molecule has 6 N–H and O–H groups in total. The summed E-state index contributed by atoms with van der Waals surface area (Å²) < 4.78 is 56.7. The molecule has 0 saturated carbocycles. The van der Waals surface area contributed by atoms with Crippen LogP contribution in [0.15, 0.2) is 35.3 Å². The number of rotatable bonds is 23. The van der Waals surface area contributed by atoms with E-state index in [2.05, 4.69) is 35.9 Å². The summed E-state index contributed by atoms with van der Waals surface area (Å²) in [6.07, 6.45) is -1.23. The van der Waals surface area contributed by atoms with Gasteiger partial charge in [0.25, 0.3) is 11.5 Å². The van der Waals surface area contributed by atoms with Gasteiger partial charge in [-0.15, -0.1) is 0 Å². The zero-order valence-corrected chi connectivity index (χ0v) is 37.2. The van der Waals surface area contributed by atoms with Gasteiger partial charge in [0.1, 0.15) is 6.29 Å². The normalized spacial score (nSPS) is 10.3. The molecule has 1 aromatic carbocycles. The van der Waals surface area contributed by atoms with E-state index < -0.39 is 30.1 Å². The second kappa shape index (κ2) is 35.7. The Balaban J connectivity index is 0. The Morgan fingerprint density at radius 3 is 1.92 bits per heavy atom. The first kappa shape index (κ1) is 58.0. The molecule has 0 aliphatic rings. The number of hydrogen-bond acceptors (Lipinski definition) is 13. The van der Waals surface area contributed by atoms with Crippen molar-refractivity contribution in [1.82, 2.24) is 30.6 Å². The molecule has 0 aliphatic carbocycles. The van der Waals surface area contributed by atoms with E-state index in [4.69, 9.17) is 19.9 Å². The van der Waals surface area contributed by atoms with Gasteiger partial charge in [-0.2, -0.15) is 18.2 Å². The summed E-state index contributed by atoms with van der Waals surface area (Å²) in [6.45, 7) is 19.2. The number of amides is 3. The van der Waals surface area contributed by atoms with Crippen molar-refractivity contribution in [3.8, 4) is 0 Å². The van der Waals surface area contributed by atoms with Gasteiger partial charge in [-0.25, -0.2) is 9.97 Å². The van der Waals surface area contributed by atoms with Crippen LogP contribution in [0.2, 0.25) is 0 Å². The first-order valence-corrected chi connectivity index (χ1v) is 20.7. The van der Waals surface area contributed by atoms with Crippen molar-refractivity contribution in [2.75, 3.05) is 76.5 Å². The maximum absolute atomic E-state index is 13.5. The number of H-pyrrole nitrogens is 1. The minimum absolute atomic E-state index is 0.0394. The number of aromatic amines is 1. The molecule has 0 fully saturated rings. The Hall–Kier alpha value is -5.05. The maximum Gasteiger partial charge on any atom is 0.471 e. The molecule has 20 heteroatoms. The number of benzene rings is 1. The fraction of sp³-hybridized carbons (Fsp3) is 0.610. The number of hydrogen-bond donors (Lipinski definition) is 5. The lowest BCUT2D eigenvalue weighted by molar-refractivity contribution is -0.170. The summed E-state index contributed by atoms with van der Waals surface area (Å²) in [5, 5.41) is 8.07. The second-order valence-electron chi connectivity index (χ2n) is 12.1. The third kappa shape index (κ3) is 25.4. The fourth-order valence-corrected chi connectivity index (χ4v) is 4.31. The lowest BCUT2D eigenvalue weighted by Crippen LogP contribution is -2.41. The molecular formula is C41H68F3N9O8. The van der Waals surface area contributed by atoms with E-state index in [9.17, 15) is 37.1 Å². The molecule has 3 aromatic rings. The average Bonchev–Trinajstić information content (AvgIpc) is 3.27. The highest BCUT2D eigenvalue weighted by Gasteiger charge is 2.43. The quantitative estimate of drug-likeness (QED) is 0.0611. The number of nitrogens with one attached hydrogen (secondary N) is 4. The number of alkyl halides is 3. The van der Waals surface area contributed by atoms with Crippen molar-refractivity contribution >= 4 is 46.8 Å². The van der Waals surface area contributed by atoms with Crippen LogP contribution in [0, 0.1) is 5.92 Å². The average molecular weight is 872 g/mol. The number of fused-ring (bicyclic) bond motifs is 1. The fourth-order valence-electron chi connectivity index (χ4n) is 4.31. The Morgan fingerprint density at radius 1 is 0.852 bits per heavy atom. The van der Waals surface area contributed by atoms with Crippen LogP contribution in [0.1, 0.15) is 97.1 Å². The van der Waals surface area contributed by atoms with E-state index >= 15 is 0 Å². The molecular weight excluding hydrogens is 803 g/mol. The second-order valence-corrected chi connectivity index (χ2v) is 12.1. The summed E-state index contributed by atoms with van der Waals surface area (Å²) in [6, 6.07) is 4.90. The molecule has 3 rings (SSSR count). The van der Waals surface area contributed by atoms with Gasteiger partial charge in [0.15, 0.2) is 11.2 Å². The zero-order valence-electron chi connectivity index (χ0n) is 37.2. The van der Waals surface area contributed by atoms with Crippen molar-refractivity contribution in [3.63, 3.8) is 0 Å². The van der Waals surface area contributed by atoms with E-state index in [0.29, 0.717) is 70.5 Å². The van der Waals surface area contributed by atoms with Crippen molar-refractivity contribution in [3.05, 3.63) is 52.1 Å². The summed E-state index contributed by atoms with van der Waals surface area (Å²) in [5.74, 6) is -2.55. The lowest BCUT2D eigenvalue weighted by atomic mass is 10.1. The molecule has 17 nitrogen and oxygen atoms in total. The van der Waals surface area contributed by atoms with Gasteiger partial charge >= 0.3 is 12.1 Å². The van der Waals surface area contributed by atoms with E-state index in [-0.39, 0.29) is 58.8 Å². The predicted octanol–water partition coefficient (Wildman–Crippen LogP) is 5.19. The molecule has 0 spiro atoms.